The third kappa shape index (κ3) is 5.55. The summed E-state index contributed by atoms with van der Waals surface area (Å²) in [5.74, 6) is -0.924. The normalized spacial score (nSPS) is 21.7. The molecule has 2 aromatic carbocycles. The van der Waals surface area contributed by atoms with Crippen molar-refractivity contribution in [3.63, 3.8) is 0 Å². The number of alkyl halides is 3. The van der Waals surface area contributed by atoms with Crippen LogP contribution in [0.25, 0.3) is 0 Å². The first-order chi connectivity index (χ1) is 18.1. The van der Waals surface area contributed by atoms with Crippen LogP contribution in [0.1, 0.15) is 61.8 Å². The van der Waals surface area contributed by atoms with E-state index < -0.39 is 50.6 Å². The third-order valence-electron chi connectivity index (χ3n) is 7.72. The molecule has 2 fully saturated rings. The van der Waals surface area contributed by atoms with Gasteiger partial charge in [-0.2, -0.15) is 13.2 Å². The topological polar surface area (TPSA) is 124 Å². The van der Waals surface area contributed by atoms with Crippen LogP contribution < -0.4 is 5.32 Å². The minimum absolute atomic E-state index is 0.0253. The second-order valence-electron chi connectivity index (χ2n) is 11.0. The second-order valence-corrected chi connectivity index (χ2v) is 13.1. The van der Waals surface area contributed by atoms with Crippen LogP contribution in [0, 0.1) is 5.92 Å². The quantitative estimate of drug-likeness (QED) is 0.449. The largest absolute Gasteiger partial charge is 0.421 e. The molecule has 3 N–H and O–H groups in total. The van der Waals surface area contributed by atoms with Crippen LogP contribution in [-0.2, 0) is 31.6 Å². The van der Waals surface area contributed by atoms with Gasteiger partial charge in [-0.3, -0.25) is 9.59 Å². The van der Waals surface area contributed by atoms with Crippen LogP contribution in [0.5, 0.6) is 0 Å². The van der Waals surface area contributed by atoms with E-state index in [2.05, 4.69) is 5.32 Å². The highest BCUT2D eigenvalue weighted by atomic mass is 32.2. The number of nitrogens with one attached hydrogen (secondary N) is 1. The summed E-state index contributed by atoms with van der Waals surface area (Å²) in [5.41, 5.74) is -3.52. The fourth-order valence-corrected chi connectivity index (χ4v) is 6.53. The predicted octanol–water partition coefficient (Wildman–Crippen LogP) is 3.58. The maximum atomic E-state index is 13.4. The Morgan fingerprint density at radius 3 is 2.31 bits per heavy atom. The average Bonchev–Trinajstić information content (AvgIpc) is 3.76. The number of benzene rings is 2. The first kappa shape index (κ1) is 27.6. The van der Waals surface area contributed by atoms with Gasteiger partial charge in [-0.25, -0.2) is 8.42 Å². The molecule has 3 aliphatic rings. The summed E-state index contributed by atoms with van der Waals surface area (Å²) in [6.07, 6.45) is -2.41. The highest BCUT2D eigenvalue weighted by Gasteiger charge is 2.51. The molecule has 210 valence electrons. The fourth-order valence-electron chi connectivity index (χ4n) is 4.78. The van der Waals surface area contributed by atoms with E-state index in [-0.39, 0.29) is 35.2 Å². The monoisotopic (exact) mass is 566 g/mol. The summed E-state index contributed by atoms with van der Waals surface area (Å²) in [6, 6.07) is 7.83. The molecule has 39 heavy (non-hydrogen) atoms. The van der Waals surface area contributed by atoms with Crippen LogP contribution in [0.3, 0.4) is 0 Å². The molecule has 2 aromatic rings. The Labute approximate surface area is 223 Å². The molecular formula is C27H29F3N2O6S. The molecule has 2 atom stereocenters. The molecule has 5 rings (SSSR count). The number of aliphatic hydroxyl groups is 2. The number of fused-ring (bicyclic) bond motifs is 1. The zero-order valence-electron chi connectivity index (χ0n) is 21.2. The van der Waals surface area contributed by atoms with E-state index in [9.17, 15) is 41.4 Å². The number of hydrogen-bond donors (Lipinski definition) is 3. The molecular weight excluding hydrogens is 537 g/mol. The van der Waals surface area contributed by atoms with E-state index in [1.165, 1.54) is 35.2 Å². The molecule has 0 radical (unpaired) electrons. The number of anilines is 1. The van der Waals surface area contributed by atoms with Crippen molar-refractivity contribution >= 4 is 27.3 Å². The van der Waals surface area contributed by atoms with Gasteiger partial charge in [0.05, 0.1) is 22.7 Å². The molecule has 1 aliphatic heterocycles. The zero-order chi connectivity index (χ0) is 28.4. The van der Waals surface area contributed by atoms with Crippen molar-refractivity contribution < 1.29 is 41.4 Å². The minimum Gasteiger partial charge on any atom is -0.389 e. The van der Waals surface area contributed by atoms with Crippen molar-refractivity contribution in [2.75, 3.05) is 11.1 Å². The number of carbonyl (C=O) groups is 2. The number of carbonyl (C=O) groups excluding carboxylic acids is 2. The number of sulfone groups is 1. The second kappa shape index (κ2) is 9.31. The van der Waals surface area contributed by atoms with E-state index in [1.54, 1.807) is 0 Å². The van der Waals surface area contributed by atoms with Gasteiger partial charge in [-0.1, -0.05) is 18.2 Å². The van der Waals surface area contributed by atoms with E-state index in [4.69, 9.17) is 0 Å². The van der Waals surface area contributed by atoms with Crippen molar-refractivity contribution in [1.29, 1.82) is 0 Å². The van der Waals surface area contributed by atoms with Crippen molar-refractivity contribution in [1.82, 2.24) is 4.90 Å². The zero-order valence-corrected chi connectivity index (χ0v) is 22.0. The first-order valence-electron chi connectivity index (χ1n) is 12.7. The predicted molar refractivity (Wildman–Crippen MR) is 134 cm³/mol. The molecule has 2 aliphatic carbocycles. The van der Waals surface area contributed by atoms with E-state index >= 15 is 0 Å². The van der Waals surface area contributed by atoms with Gasteiger partial charge in [0.25, 0.3) is 5.91 Å². The number of amides is 2. The van der Waals surface area contributed by atoms with Gasteiger partial charge in [0.2, 0.25) is 5.91 Å². The minimum atomic E-state index is -4.90. The third-order valence-corrected chi connectivity index (χ3v) is 9.60. The van der Waals surface area contributed by atoms with Gasteiger partial charge < -0.3 is 20.4 Å². The van der Waals surface area contributed by atoms with Gasteiger partial charge in [0.1, 0.15) is 6.04 Å². The summed E-state index contributed by atoms with van der Waals surface area (Å²) in [4.78, 5) is 28.0. The maximum absolute atomic E-state index is 13.4. The van der Waals surface area contributed by atoms with Gasteiger partial charge >= 0.3 is 6.18 Å². The molecule has 0 saturated heterocycles. The molecule has 2 amide bonds. The smallest absolute Gasteiger partial charge is 0.389 e. The summed E-state index contributed by atoms with van der Waals surface area (Å²) >= 11 is 0. The lowest BCUT2D eigenvalue weighted by Gasteiger charge is -2.27. The number of nitrogens with zero attached hydrogens (tertiary/aromatic N) is 1. The molecule has 0 spiro atoms. The van der Waals surface area contributed by atoms with Crippen molar-refractivity contribution in [2.24, 2.45) is 5.92 Å². The Balaban J connectivity index is 1.41. The van der Waals surface area contributed by atoms with Crippen LogP contribution >= 0.6 is 0 Å². The van der Waals surface area contributed by atoms with Gasteiger partial charge in [0, 0.05) is 12.2 Å². The van der Waals surface area contributed by atoms with Crippen LogP contribution in [-0.4, -0.2) is 52.9 Å². The van der Waals surface area contributed by atoms with Crippen LogP contribution in [0.2, 0.25) is 0 Å². The fraction of sp³-hybridized carbons (Fsp3) is 0.481. The van der Waals surface area contributed by atoms with E-state index in [1.807, 2.05) is 0 Å². The van der Waals surface area contributed by atoms with Crippen LogP contribution in [0.15, 0.2) is 47.4 Å². The molecule has 8 nitrogen and oxygen atoms in total. The highest BCUT2D eigenvalue weighted by Crippen LogP contribution is 2.43. The summed E-state index contributed by atoms with van der Waals surface area (Å²) in [7, 11) is -3.53. The summed E-state index contributed by atoms with van der Waals surface area (Å²) < 4.78 is 65.2. The molecule has 0 aromatic heterocycles. The first-order valence-corrected chi connectivity index (χ1v) is 14.3. The molecule has 0 bridgehead atoms. The van der Waals surface area contributed by atoms with Gasteiger partial charge in [-0.15, -0.1) is 0 Å². The lowest BCUT2D eigenvalue weighted by atomic mass is 9.95. The van der Waals surface area contributed by atoms with Crippen molar-refractivity contribution in [2.45, 2.75) is 73.9 Å². The average molecular weight is 567 g/mol. The Bertz CT molecular complexity index is 1410. The standard InChI is InChI=1S/C27H29F3N2O6S/c1-25(35,27(28,29)30)18-4-6-19(7-5-18)31-24(34)23-21-9-8-20(39(37,38)15-16-2-3-16)12-17(21)14-32(23)22(33)13-26(36)10-11-26/h4-9,12,16,23,35-36H,2-3,10-11,13-15H2,1H3,(H,31,34). The highest BCUT2D eigenvalue weighted by molar-refractivity contribution is 7.91. The number of halogens is 3. The molecule has 2 unspecified atom stereocenters. The number of rotatable bonds is 8. The Morgan fingerprint density at radius 2 is 1.74 bits per heavy atom. The summed E-state index contributed by atoms with van der Waals surface area (Å²) in [5, 5.41) is 22.8. The van der Waals surface area contributed by atoms with Gasteiger partial charge in [0.15, 0.2) is 15.4 Å². The molecule has 12 heteroatoms. The number of hydrogen-bond acceptors (Lipinski definition) is 6. The van der Waals surface area contributed by atoms with Gasteiger partial charge in [-0.05, 0) is 79.5 Å². The van der Waals surface area contributed by atoms with Crippen molar-refractivity contribution in [3.05, 3.63) is 59.2 Å². The Hall–Kier alpha value is -2.96. The molecule has 2 saturated carbocycles. The van der Waals surface area contributed by atoms with E-state index in [0.717, 1.165) is 25.0 Å². The molecule has 1 heterocycles. The SMILES string of the molecule is CC(O)(c1ccc(NC(=O)C2c3ccc(S(=O)(=O)CC4CC4)cc3CN2C(=O)CC2(O)CC2)cc1)C(F)(F)F. The maximum Gasteiger partial charge on any atom is 0.421 e. The Kier molecular flexibility index (Phi) is 6.59. The van der Waals surface area contributed by atoms with E-state index in [0.29, 0.717) is 30.9 Å². The Morgan fingerprint density at radius 1 is 1.10 bits per heavy atom. The summed E-state index contributed by atoms with van der Waals surface area (Å²) in [6.45, 7) is 0.606. The van der Waals surface area contributed by atoms with Crippen molar-refractivity contribution in [3.8, 4) is 0 Å². The lowest BCUT2D eigenvalue weighted by Crippen LogP contribution is -2.39. The van der Waals surface area contributed by atoms with Crippen LogP contribution in [0.4, 0.5) is 18.9 Å². The lowest BCUT2D eigenvalue weighted by molar-refractivity contribution is -0.258.